The molecule has 8 nitrogen and oxygen atoms in total. The lowest BCUT2D eigenvalue weighted by Gasteiger charge is -2.33. The molecule has 0 aliphatic carbocycles. The van der Waals surface area contributed by atoms with Crippen LogP contribution in [0.15, 0.2) is 53.7 Å². The van der Waals surface area contributed by atoms with Crippen molar-refractivity contribution in [2.45, 2.75) is 44.7 Å². The molecule has 2 aromatic heterocycles. The number of nitrogens with zero attached hydrogens (tertiary/aromatic N) is 3. The van der Waals surface area contributed by atoms with Crippen LogP contribution >= 0.6 is 11.6 Å². The lowest BCUT2D eigenvalue weighted by atomic mass is 9.97. The second-order valence-corrected chi connectivity index (χ2v) is 11.7. The number of rotatable bonds is 5. The van der Waals surface area contributed by atoms with Crippen LogP contribution in [-0.4, -0.2) is 36.4 Å². The average molecular weight is 514 g/mol. The van der Waals surface area contributed by atoms with Gasteiger partial charge < -0.3 is 10.6 Å². The van der Waals surface area contributed by atoms with E-state index >= 15 is 0 Å². The number of halogens is 1. The highest BCUT2D eigenvalue weighted by atomic mass is 35.5. The van der Waals surface area contributed by atoms with Crippen molar-refractivity contribution in [1.82, 2.24) is 14.7 Å². The molecule has 1 atom stereocenters. The standard InChI is InChI=1S/C25H28ClN5O3S/c1-15-8-17(10-19(26)9-15)18-11-20(23(28-13-18)31-14-16(2)12-25(31,3)4)24(32)30-35(33,34)22-7-5-6-21(27)29-22/h5-11,13,16H,12,14H2,1-4H3,(H2,27,29)(H,30,32). The Balaban J connectivity index is 1.81. The van der Waals surface area contributed by atoms with Gasteiger partial charge in [-0.2, -0.15) is 8.42 Å². The summed E-state index contributed by atoms with van der Waals surface area (Å²) in [5, 5.41) is 0.219. The molecule has 1 saturated heterocycles. The van der Waals surface area contributed by atoms with Gasteiger partial charge in [0.25, 0.3) is 15.9 Å². The first-order chi connectivity index (χ1) is 16.4. The zero-order valence-electron chi connectivity index (χ0n) is 20.0. The Morgan fingerprint density at radius 3 is 2.57 bits per heavy atom. The van der Waals surface area contributed by atoms with E-state index in [1.807, 2.05) is 19.1 Å². The number of anilines is 2. The van der Waals surface area contributed by atoms with Gasteiger partial charge >= 0.3 is 0 Å². The molecule has 1 fully saturated rings. The molecule has 1 aliphatic rings. The van der Waals surface area contributed by atoms with Crippen molar-refractivity contribution in [1.29, 1.82) is 0 Å². The van der Waals surface area contributed by atoms with Crippen molar-refractivity contribution in [3.8, 4) is 11.1 Å². The van der Waals surface area contributed by atoms with Crippen molar-refractivity contribution in [3.63, 3.8) is 0 Å². The summed E-state index contributed by atoms with van der Waals surface area (Å²) in [4.78, 5) is 24.0. The Morgan fingerprint density at radius 2 is 1.94 bits per heavy atom. The van der Waals surface area contributed by atoms with Crippen LogP contribution in [0.5, 0.6) is 0 Å². The van der Waals surface area contributed by atoms with Crippen molar-refractivity contribution in [3.05, 3.63) is 64.8 Å². The lowest BCUT2D eigenvalue weighted by Crippen LogP contribution is -2.41. The van der Waals surface area contributed by atoms with E-state index in [2.05, 4.69) is 40.4 Å². The first kappa shape index (κ1) is 24.9. The number of nitrogen functional groups attached to an aromatic ring is 1. The van der Waals surface area contributed by atoms with Gasteiger partial charge in [0.2, 0.25) is 0 Å². The third-order valence-corrected chi connectivity index (χ3v) is 7.51. The highest BCUT2D eigenvalue weighted by molar-refractivity contribution is 7.90. The second-order valence-electron chi connectivity index (χ2n) is 9.68. The quantitative estimate of drug-likeness (QED) is 0.518. The first-order valence-corrected chi connectivity index (χ1v) is 13.1. The summed E-state index contributed by atoms with van der Waals surface area (Å²) in [5.41, 5.74) is 7.90. The molecule has 184 valence electrons. The van der Waals surface area contributed by atoms with Crippen LogP contribution < -0.4 is 15.4 Å². The second kappa shape index (κ2) is 9.13. The third-order valence-electron chi connectivity index (χ3n) is 6.06. The Labute approximate surface area is 210 Å². The minimum absolute atomic E-state index is 0.0359. The molecule has 1 aromatic carbocycles. The third kappa shape index (κ3) is 5.26. The SMILES string of the molecule is Cc1cc(Cl)cc(-c2cnc(N3CC(C)CC3(C)C)c(C(=O)NS(=O)(=O)c3cccc(N)n3)c2)c1. The van der Waals surface area contributed by atoms with E-state index in [0.717, 1.165) is 17.5 Å². The molecular formula is C25H28ClN5O3S. The normalized spacial score (nSPS) is 17.4. The first-order valence-electron chi connectivity index (χ1n) is 11.2. The predicted molar refractivity (Wildman–Crippen MR) is 138 cm³/mol. The van der Waals surface area contributed by atoms with Crippen LogP contribution in [0.4, 0.5) is 11.6 Å². The predicted octanol–water partition coefficient (Wildman–Crippen LogP) is 4.43. The Hall–Kier alpha value is -3.17. The number of nitrogens with two attached hydrogens (primary N) is 1. The van der Waals surface area contributed by atoms with Gasteiger partial charge in [-0.25, -0.2) is 14.7 Å². The molecule has 3 aromatic rings. The largest absolute Gasteiger partial charge is 0.384 e. The molecule has 1 amide bonds. The summed E-state index contributed by atoms with van der Waals surface area (Å²) < 4.78 is 28.0. The van der Waals surface area contributed by atoms with Crippen LogP contribution in [-0.2, 0) is 10.0 Å². The monoisotopic (exact) mass is 513 g/mol. The number of hydrogen-bond acceptors (Lipinski definition) is 7. The highest BCUT2D eigenvalue weighted by Crippen LogP contribution is 2.38. The van der Waals surface area contributed by atoms with E-state index in [0.29, 0.717) is 28.9 Å². The molecule has 1 unspecified atom stereocenters. The van der Waals surface area contributed by atoms with E-state index in [1.54, 1.807) is 18.3 Å². The number of pyridine rings is 2. The maximum Gasteiger partial charge on any atom is 0.281 e. The van der Waals surface area contributed by atoms with Crippen molar-refractivity contribution in [2.24, 2.45) is 5.92 Å². The number of amides is 1. The topological polar surface area (TPSA) is 118 Å². The summed E-state index contributed by atoms with van der Waals surface area (Å²) in [6.45, 7) is 8.92. The molecule has 0 spiro atoms. The maximum absolute atomic E-state index is 13.5. The number of carbonyl (C=O) groups is 1. The molecule has 1 aliphatic heterocycles. The van der Waals surface area contributed by atoms with Crippen LogP contribution in [0.25, 0.3) is 11.1 Å². The van der Waals surface area contributed by atoms with E-state index in [1.165, 1.54) is 18.2 Å². The maximum atomic E-state index is 13.5. The number of sulfonamides is 1. The number of aromatic nitrogens is 2. The Morgan fingerprint density at radius 1 is 1.20 bits per heavy atom. The summed E-state index contributed by atoms with van der Waals surface area (Å²) >= 11 is 6.25. The van der Waals surface area contributed by atoms with Crippen molar-refractivity contribution >= 4 is 39.2 Å². The summed E-state index contributed by atoms with van der Waals surface area (Å²) in [6.07, 6.45) is 2.60. The number of hydrogen-bond donors (Lipinski definition) is 2. The Bertz CT molecular complexity index is 1390. The van der Waals surface area contributed by atoms with Gasteiger partial charge in [0.15, 0.2) is 5.03 Å². The molecule has 0 bridgehead atoms. The molecule has 4 rings (SSSR count). The molecule has 0 radical (unpaired) electrons. The minimum Gasteiger partial charge on any atom is -0.384 e. The van der Waals surface area contributed by atoms with Crippen LogP contribution in [0.1, 0.15) is 43.1 Å². The molecular weight excluding hydrogens is 486 g/mol. The van der Waals surface area contributed by atoms with Gasteiger partial charge in [-0.15, -0.1) is 0 Å². The number of aryl methyl sites for hydroxylation is 1. The molecule has 35 heavy (non-hydrogen) atoms. The van der Waals surface area contributed by atoms with Gasteiger partial charge in [0, 0.05) is 28.9 Å². The van der Waals surface area contributed by atoms with Gasteiger partial charge in [0.1, 0.15) is 11.6 Å². The molecule has 10 heteroatoms. The van der Waals surface area contributed by atoms with E-state index < -0.39 is 15.9 Å². The van der Waals surface area contributed by atoms with Gasteiger partial charge in [-0.3, -0.25) is 4.79 Å². The number of carbonyl (C=O) groups excluding carboxylic acids is 1. The van der Waals surface area contributed by atoms with Gasteiger partial charge in [-0.05, 0) is 74.6 Å². The summed E-state index contributed by atoms with van der Waals surface area (Å²) in [5.74, 6) is 0.0507. The summed E-state index contributed by atoms with van der Waals surface area (Å²) in [7, 11) is -4.26. The molecule has 3 heterocycles. The molecule has 0 saturated carbocycles. The fraction of sp³-hybridized carbons (Fsp3) is 0.320. The van der Waals surface area contributed by atoms with E-state index in [9.17, 15) is 13.2 Å². The zero-order valence-corrected chi connectivity index (χ0v) is 21.6. The summed E-state index contributed by atoms with van der Waals surface area (Å²) in [6, 6.07) is 11.4. The van der Waals surface area contributed by atoms with Crippen molar-refractivity contribution in [2.75, 3.05) is 17.2 Å². The van der Waals surface area contributed by atoms with Crippen LogP contribution in [0.2, 0.25) is 5.02 Å². The van der Waals surface area contributed by atoms with Crippen molar-refractivity contribution < 1.29 is 13.2 Å². The van der Waals surface area contributed by atoms with E-state index in [4.69, 9.17) is 17.3 Å². The minimum atomic E-state index is -4.26. The molecule has 3 N–H and O–H groups in total. The highest BCUT2D eigenvalue weighted by Gasteiger charge is 2.39. The smallest absolute Gasteiger partial charge is 0.281 e. The average Bonchev–Trinajstić information content (AvgIpc) is 3.04. The van der Waals surface area contributed by atoms with Crippen LogP contribution in [0.3, 0.4) is 0 Å². The van der Waals surface area contributed by atoms with Crippen LogP contribution in [0, 0.1) is 12.8 Å². The lowest BCUT2D eigenvalue weighted by molar-refractivity contribution is 0.0981. The number of benzene rings is 1. The van der Waals surface area contributed by atoms with E-state index in [-0.39, 0.29) is 21.9 Å². The zero-order chi connectivity index (χ0) is 25.5. The van der Waals surface area contributed by atoms with Gasteiger partial charge in [0.05, 0.1) is 5.56 Å². The van der Waals surface area contributed by atoms with Gasteiger partial charge in [-0.1, -0.05) is 30.7 Å². The number of nitrogens with one attached hydrogen (secondary N) is 1. The Kier molecular flexibility index (Phi) is 6.50. The fourth-order valence-electron chi connectivity index (χ4n) is 4.67. The fourth-order valence-corrected chi connectivity index (χ4v) is 5.90.